The zero-order valence-corrected chi connectivity index (χ0v) is 13.8. The van der Waals surface area contributed by atoms with Gasteiger partial charge in [-0.05, 0) is 48.0 Å². The molecule has 0 atom stereocenters. The molecule has 0 spiro atoms. The third-order valence-electron chi connectivity index (χ3n) is 3.59. The quantitative estimate of drug-likeness (QED) is 0.623. The van der Waals surface area contributed by atoms with E-state index in [1.807, 2.05) is 48.5 Å². The van der Waals surface area contributed by atoms with Gasteiger partial charge in [0.15, 0.2) is 0 Å². The Kier molecular flexibility index (Phi) is 5.34. The fourth-order valence-corrected chi connectivity index (χ4v) is 2.48. The molecule has 3 aromatic carbocycles. The lowest BCUT2D eigenvalue weighted by Crippen LogP contribution is -2.01. The molecule has 1 N–H and O–H groups in total. The van der Waals surface area contributed by atoms with Crippen molar-refractivity contribution in [3.63, 3.8) is 0 Å². The first-order valence-corrected chi connectivity index (χ1v) is 8.03. The molecule has 3 aromatic rings. The van der Waals surface area contributed by atoms with Gasteiger partial charge in [-0.25, -0.2) is 4.39 Å². The molecule has 122 valence electrons. The van der Waals surface area contributed by atoms with Crippen LogP contribution in [0.4, 0.5) is 10.1 Å². The lowest BCUT2D eigenvalue weighted by atomic mass is 10.2. The Morgan fingerprint density at radius 3 is 2.50 bits per heavy atom. The van der Waals surface area contributed by atoms with Gasteiger partial charge in [-0.3, -0.25) is 0 Å². The SMILES string of the molecule is Fc1ccc(NCc2cccc(OCc3ccccc3Cl)c2)cc1. The van der Waals surface area contributed by atoms with Crippen LogP contribution in [0.15, 0.2) is 72.8 Å². The Morgan fingerprint density at radius 1 is 0.917 bits per heavy atom. The molecule has 0 heterocycles. The number of ether oxygens (including phenoxy) is 1. The topological polar surface area (TPSA) is 21.3 Å². The molecular formula is C20H17ClFNO. The monoisotopic (exact) mass is 341 g/mol. The first-order chi connectivity index (χ1) is 11.7. The fraction of sp³-hybridized carbons (Fsp3) is 0.100. The lowest BCUT2D eigenvalue weighted by Gasteiger charge is -2.10. The van der Waals surface area contributed by atoms with E-state index in [1.54, 1.807) is 12.1 Å². The molecule has 0 aliphatic rings. The van der Waals surface area contributed by atoms with Gasteiger partial charge < -0.3 is 10.1 Å². The molecule has 0 aliphatic heterocycles. The van der Waals surface area contributed by atoms with Gasteiger partial charge in [0.2, 0.25) is 0 Å². The summed E-state index contributed by atoms with van der Waals surface area (Å²) in [6, 6.07) is 21.8. The van der Waals surface area contributed by atoms with Crippen molar-refractivity contribution in [1.29, 1.82) is 0 Å². The highest BCUT2D eigenvalue weighted by Crippen LogP contribution is 2.20. The van der Waals surface area contributed by atoms with E-state index in [9.17, 15) is 4.39 Å². The third kappa shape index (κ3) is 4.49. The standard InChI is InChI=1S/C20H17ClFNO/c21-20-7-2-1-5-16(20)14-24-19-6-3-4-15(12-19)13-23-18-10-8-17(22)9-11-18/h1-12,23H,13-14H2. The van der Waals surface area contributed by atoms with E-state index in [1.165, 1.54) is 12.1 Å². The zero-order chi connectivity index (χ0) is 16.8. The molecule has 3 rings (SSSR count). The van der Waals surface area contributed by atoms with Gasteiger partial charge in [0, 0.05) is 22.8 Å². The fourth-order valence-electron chi connectivity index (χ4n) is 2.29. The molecule has 4 heteroatoms. The molecule has 24 heavy (non-hydrogen) atoms. The molecule has 0 bridgehead atoms. The number of benzene rings is 3. The van der Waals surface area contributed by atoms with Crippen LogP contribution in [0.5, 0.6) is 5.75 Å². The molecular weight excluding hydrogens is 325 g/mol. The number of rotatable bonds is 6. The Hall–Kier alpha value is -2.52. The smallest absolute Gasteiger partial charge is 0.123 e. The Balaban J connectivity index is 1.59. The van der Waals surface area contributed by atoms with E-state index < -0.39 is 0 Å². The van der Waals surface area contributed by atoms with Crippen molar-refractivity contribution in [3.05, 3.63) is 94.8 Å². The van der Waals surface area contributed by atoms with E-state index in [0.29, 0.717) is 18.2 Å². The van der Waals surface area contributed by atoms with Gasteiger partial charge in [-0.2, -0.15) is 0 Å². The molecule has 0 fully saturated rings. The predicted octanol–water partition coefficient (Wildman–Crippen LogP) is 5.67. The molecule has 2 nitrogen and oxygen atoms in total. The van der Waals surface area contributed by atoms with Crippen LogP contribution in [0.3, 0.4) is 0 Å². The summed E-state index contributed by atoms with van der Waals surface area (Å²) in [7, 11) is 0. The first kappa shape index (κ1) is 16.3. The molecule has 0 radical (unpaired) electrons. The molecule has 0 aliphatic carbocycles. The van der Waals surface area contributed by atoms with Crippen molar-refractivity contribution < 1.29 is 9.13 Å². The average molecular weight is 342 g/mol. The highest BCUT2D eigenvalue weighted by atomic mass is 35.5. The maximum Gasteiger partial charge on any atom is 0.123 e. The summed E-state index contributed by atoms with van der Waals surface area (Å²) in [4.78, 5) is 0. The number of hydrogen-bond acceptors (Lipinski definition) is 2. The van der Waals surface area contributed by atoms with Crippen molar-refractivity contribution in [3.8, 4) is 5.75 Å². The van der Waals surface area contributed by atoms with Crippen molar-refractivity contribution in [1.82, 2.24) is 0 Å². The van der Waals surface area contributed by atoms with Gasteiger partial charge in [-0.1, -0.05) is 41.9 Å². The summed E-state index contributed by atoms with van der Waals surface area (Å²) in [6.45, 7) is 1.06. The number of halogens is 2. The highest BCUT2D eigenvalue weighted by Gasteiger charge is 2.02. The Bertz CT molecular complexity index is 805. The van der Waals surface area contributed by atoms with E-state index in [0.717, 1.165) is 22.6 Å². The van der Waals surface area contributed by atoms with Crippen LogP contribution < -0.4 is 10.1 Å². The third-order valence-corrected chi connectivity index (χ3v) is 3.96. The summed E-state index contributed by atoms with van der Waals surface area (Å²) in [5.74, 6) is 0.545. The van der Waals surface area contributed by atoms with Crippen LogP contribution in [-0.2, 0) is 13.2 Å². The molecule has 0 unspecified atom stereocenters. The van der Waals surface area contributed by atoms with Gasteiger partial charge in [0.25, 0.3) is 0 Å². The van der Waals surface area contributed by atoms with E-state index in [-0.39, 0.29) is 5.82 Å². The minimum absolute atomic E-state index is 0.240. The Labute approximate surface area is 145 Å². The second kappa shape index (κ2) is 7.84. The van der Waals surface area contributed by atoms with Gasteiger partial charge in [0.1, 0.15) is 18.2 Å². The molecule has 0 saturated carbocycles. The second-order valence-electron chi connectivity index (χ2n) is 5.39. The van der Waals surface area contributed by atoms with Gasteiger partial charge in [0.05, 0.1) is 0 Å². The maximum atomic E-state index is 12.9. The zero-order valence-electron chi connectivity index (χ0n) is 13.0. The summed E-state index contributed by atoms with van der Waals surface area (Å²) < 4.78 is 18.7. The van der Waals surface area contributed by atoms with Crippen LogP contribution >= 0.6 is 11.6 Å². The summed E-state index contributed by atoms with van der Waals surface area (Å²) >= 11 is 6.13. The summed E-state index contributed by atoms with van der Waals surface area (Å²) in [6.07, 6.45) is 0. The summed E-state index contributed by atoms with van der Waals surface area (Å²) in [5.41, 5.74) is 2.91. The predicted molar refractivity (Wildman–Crippen MR) is 96.0 cm³/mol. The van der Waals surface area contributed by atoms with Crippen LogP contribution in [0, 0.1) is 5.82 Å². The molecule has 0 saturated heterocycles. The summed E-state index contributed by atoms with van der Waals surface area (Å²) in [5, 5.41) is 3.96. The lowest BCUT2D eigenvalue weighted by molar-refractivity contribution is 0.306. The van der Waals surface area contributed by atoms with Crippen molar-refractivity contribution in [2.75, 3.05) is 5.32 Å². The van der Waals surface area contributed by atoms with E-state index in [2.05, 4.69) is 5.32 Å². The van der Waals surface area contributed by atoms with Gasteiger partial charge in [-0.15, -0.1) is 0 Å². The molecule has 0 aromatic heterocycles. The van der Waals surface area contributed by atoms with Gasteiger partial charge >= 0.3 is 0 Å². The largest absolute Gasteiger partial charge is 0.489 e. The van der Waals surface area contributed by atoms with Crippen molar-refractivity contribution in [2.24, 2.45) is 0 Å². The van der Waals surface area contributed by atoms with E-state index in [4.69, 9.17) is 16.3 Å². The number of nitrogens with one attached hydrogen (secondary N) is 1. The maximum absolute atomic E-state index is 12.9. The minimum Gasteiger partial charge on any atom is -0.489 e. The molecule has 0 amide bonds. The second-order valence-corrected chi connectivity index (χ2v) is 5.80. The van der Waals surface area contributed by atoms with Crippen LogP contribution in [-0.4, -0.2) is 0 Å². The van der Waals surface area contributed by atoms with E-state index >= 15 is 0 Å². The van der Waals surface area contributed by atoms with Crippen LogP contribution in [0.1, 0.15) is 11.1 Å². The number of anilines is 1. The minimum atomic E-state index is -0.240. The Morgan fingerprint density at radius 2 is 1.71 bits per heavy atom. The normalized spacial score (nSPS) is 10.4. The van der Waals surface area contributed by atoms with Crippen molar-refractivity contribution >= 4 is 17.3 Å². The van der Waals surface area contributed by atoms with Crippen LogP contribution in [0.25, 0.3) is 0 Å². The first-order valence-electron chi connectivity index (χ1n) is 7.65. The van der Waals surface area contributed by atoms with Crippen molar-refractivity contribution in [2.45, 2.75) is 13.2 Å². The highest BCUT2D eigenvalue weighted by molar-refractivity contribution is 6.31. The number of hydrogen-bond donors (Lipinski definition) is 1. The van der Waals surface area contributed by atoms with Crippen LogP contribution in [0.2, 0.25) is 5.02 Å². The average Bonchev–Trinajstić information content (AvgIpc) is 2.61.